The standard InChI is InChI=1S/C16H23N3O/c1-12(2)15(20)19-10-16(11-19)8-18(9-16)7-14-13(3)5-4-6-17-14/h4-6,12H,7-11H2,1-3H3. The molecule has 0 aliphatic carbocycles. The second kappa shape index (κ2) is 4.85. The SMILES string of the molecule is Cc1cccnc1CN1CC2(C1)CN(C(=O)C(C)C)C2. The van der Waals surface area contributed by atoms with Crippen molar-refractivity contribution in [3.05, 3.63) is 29.6 Å². The summed E-state index contributed by atoms with van der Waals surface area (Å²) in [4.78, 5) is 20.8. The maximum absolute atomic E-state index is 11.9. The first-order valence-electron chi connectivity index (χ1n) is 7.41. The van der Waals surface area contributed by atoms with E-state index in [4.69, 9.17) is 0 Å². The molecule has 0 unspecified atom stereocenters. The van der Waals surface area contributed by atoms with E-state index in [1.807, 2.05) is 31.0 Å². The van der Waals surface area contributed by atoms with E-state index in [9.17, 15) is 4.79 Å². The summed E-state index contributed by atoms with van der Waals surface area (Å²) in [6, 6.07) is 4.10. The smallest absolute Gasteiger partial charge is 0.225 e. The Morgan fingerprint density at radius 3 is 2.65 bits per heavy atom. The van der Waals surface area contributed by atoms with Gasteiger partial charge in [0.05, 0.1) is 5.69 Å². The fourth-order valence-corrected chi connectivity index (χ4v) is 3.39. The molecule has 2 saturated heterocycles. The maximum Gasteiger partial charge on any atom is 0.225 e. The van der Waals surface area contributed by atoms with Gasteiger partial charge in [-0.1, -0.05) is 19.9 Å². The first-order chi connectivity index (χ1) is 9.49. The van der Waals surface area contributed by atoms with Crippen molar-refractivity contribution in [2.45, 2.75) is 27.3 Å². The number of nitrogens with zero attached hydrogens (tertiary/aromatic N) is 3. The number of rotatable bonds is 3. The van der Waals surface area contributed by atoms with Gasteiger partial charge in [-0.15, -0.1) is 0 Å². The third-order valence-corrected chi connectivity index (χ3v) is 4.47. The minimum atomic E-state index is 0.125. The quantitative estimate of drug-likeness (QED) is 0.841. The van der Waals surface area contributed by atoms with E-state index in [1.54, 1.807) is 0 Å². The number of carbonyl (C=O) groups excluding carboxylic acids is 1. The summed E-state index contributed by atoms with van der Waals surface area (Å²) in [5.41, 5.74) is 2.82. The predicted octanol–water partition coefficient (Wildman–Crippen LogP) is 1.69. The Kier molecular flexibility index (Phi) is 3.28. The third-order valence-electron chi connectivity index (χ3n) is 4.47. The van der Waals surface area contributed by atoms with E-state index in [0.717, 1.165) is 32.7 Å². The summed E-state index contributed by atoms with van der Waals surface area (Å²) in [5.74, 6) is 0.425. The molecule has 20 heavy (non-hydrogen) atoms. The molecule has 3 heterocycles. The van der Waals surface area contributed by atoms with Gasteiger partial charge in [-0.25, -0.2) is 0 Å². The minimum absolute atomic E-state index is 0.125. The van der Waals surface area contributed by atoms with Gasteiger partial charge < -0.3 is 4.90 Å². The van der Waals surface area contributed by atoms with E-state index >= 15 is 0 Å². The van der Waals surface area contributed by atoms with Gasteiger partial charge in [0, 0.05) is 50.3 Å². The van der Waals surface area contributed by atoms with Gasteiger partial charge in [0.25, 0.3) is 0 Å². The fourth-order valence-electron chi connectivity index (χ4n) is 3.39. The van der Waals surface area contributed by atoms with Gasteiger partial charge in [-0.05, 0) is 18.6 Å². The molecule has 2 aliphatic heterocycles. The Morgan fingerprint density at radius 2 is 2.05 bits per heavy atom. The summed E-state index contributed by atoms with van der Waals surface area (Å²) in [6.45, 7) is 11.1. The number of aryl methyl sites for hydroxylation is 1. The Labute approximate surface area is 120 Å². The monoisotopic (exact) mass is 273 g/mol. The third kappa shape index (κ3) is 2.33. The summed E-state index contributed by atoms with van der Waals surface area (Å²) in [5, 5.41) is 0. The molecule has 4 heteroatoms. The van der Waals surface area contributed by atoms with Crippen LogP contribution < -0.4 is 0 Å². The van der Waals surface area contributed by atoms with Crippen LogP contribution in [0.5, 0.6) is 0 Å². The van der Waals surface area contributed by atoms with Crippen LogP contribution in [0.25, 0.3) is 0 Å². The van der Waals surface area contributed by atoms with Crippen molar-refractivity contribution in [2.24, 2.45) is 11.3 Å². The summed E-state index contributed by atoms with van der Waals surface area (Å²) >= 11 is 0. The number of aromatic nitrogens is 1. The Bertz CT molecular complexity index is 512. The second-order valence-electron chi connectivity index (χ2n) is 6.76. The molecule has 4 nitrogen and oxygen atoms in total. The maximum atomic E-state index is 11.9. The number of amides is 1. The minimum Gasteiger partial charge on any atom is -0.341 e. The van der Waals surface area contributed by atoms with Crippen LogP contribution in [-0.4, -0.2) is 46.9 Å². The Hall–Kier alpha value is -1.42. The van der Waals surface area contributed by atoms with Gasteiger partial charge in [0.2, 0.25) is 5.91 Å². The molecule has 3 rings (SSSR count). The lowest BCUT2D eigenvalue weighted by atomic mass is 9.72. The lowest BCUT2D eigenvalue weighted by Gasteiger charge is -2.60. The molecule has 1 aromatic rings. The van der Waals surface area contributed by atoms with Gasteiger partial charge in [-0.2, -0.15) is 0 Å². The molecular weight excluding hydrogens is 250 g/mol. The van der Waals surface area contributed by atoms with Crippen LogP contribution in [0.1, 0.15) is 25.1 Å². The lowest BCUT2D eigenvalue weighted by molar-refractivity contribution is -0.163. The van der Waals surface area contributed by atoms with E-state index < -0.39 is 0 Å². The van der Waals surface area contributed by atoms with Crippen LogP contribution in [0.4, 0.5) is 0 Å². The molecule has 0 saturated carbocycles. The van der Waals surface area contributed by atoms with Crippen molar-refractivity contribution in [1.82, 2.24) is 14.8 Å². The van der Waals surface area contributed by atoms with E-state index in [0.29, 0.717) is 11.3 Å². The van der Waals surface area contributed by atoms with Crippen LogP contribution in [0.15, 0.2) is 18.3 Å². The normalized spacial score (nSPS) is 20.9. The van der Waals surface area contributed by atoms with Crippen LogP contribution in [0.2, 0.25) is 0 Å². The molecule has 1 amide bonds. The number of hydrogen-bond donors (Lipinski definition) is 0. The highest BCUT2D eigenvalue weighted by Crippen LogP contribution is 2.40. The highest BCUT2D eigenvalue weighted by Gasteiger charge is 2.53. The zero-order chi connectivity index (χ0) is 14.3. The molecule has 0 aromatic carbocycles. The molecule has 2 aliphatic rings. The number of carbonyl (C=O) groups is 1. The van der Waals surface area contributed by atoms with Crippen molar-refractivity contribution < 1.29 is 4.79 Å². The van der Waals surface area contributed by atoms with E-state index in [2.05, 4.69) is 22.9 Å². The van der Waals surface area contributed by atoms with Crippen molar-refractivity contribution in [1.29, 1.82) is 0 Å². The van der Waals surface area contributed by atoms with Crippen molar-refractivity contribution in [2.75, 3.05) is 26.2 Å². The van der Waals surface area contributed by atoms with E-state index in [1.165, 1.54) is 11.3 Å². The molecule has 1 spiro atoms. The largest absolute Gasteiger partial charge is 0.341 e. The van der Waals surface area contributed by atoms with Crippen LogP contribution in [-0.2, 0) is 11.3 Å². The predicted molar refractivity (Wildman–Crippen MR) is 78.1 cm³/mol. The average molecular weight is 273 g/mol. The van der Waals surface area contributed by atoms with Gasteiger partial charge >= 0.3 is 0 Å². The van der Waals surface area contributed by atoms with Crippen LogP contribution in [0, 0.1) is 18.3 Å². The average Bonchev–Trinajstić information content (AvgIpc) is 2.31. The number of pyridine rings is 1. The summed E-state index contributed by atoms with van der Waals surface area (Å²) < 4.78 is 0. The highest BCUT2D eigenvalue weighted by atomic mass is 16.2. The Morgan fingerprint density at radius 1 is 1.35 bits per heavy atom. The highest BCUT2D eigenvalue weighted by molar-refractivity contribution is 5.79. The van der Waals surface area contributed by atoms with Crippen molar-refractivity contribution >= 4 is 5.91 Å². The summed E-state index contributed by atoms with van der Waals surface area (Å²) in [7, 11) is 0. The number of likely N-dealkylation sites (tertiary alicyclic amines) is 2. The molecule has 1 aromatic heterocycles. The zero-order valence-electron chi connectivity index (χ0n) is 12.6. The molecule has 0 radical (unpaired) electrons. The number of hydrogen-bond acceptors (Lipinski definition) is 3. The first kappa shape index (κ1) is 13.6. The molecule has 108 valence electrons. The topological polar surface area (TPSA) is 36.4 Å². The lowest BCUT2D eigenvalue weighted by Crippen LogP contribution is -2.72. The molecule has 0 N–H and O–H groups in total. The van der Waals surface area contributed by atoms with Crippen molar-refractivity contribution in [3.8, 4) is 0 Å². The van der Waals surface area contributed by atoms with Crippen LogP contribution in [0.3, 0.4) is 0 Å². The van der Waals surface area contributed by atoms with Crippen molar-refractivity contribution in [3.63, 3.8) is 0 Å². The Balaban J connectivity index is 1.49. The molecule has 2 fully saturated rings. The zero-order valence-corrected chi connectivity index (χ0v) is 12.6. The van der Waals surface area contributed by atoms with Gasteiger partial charge in [0.1, 0.15) is 0 Å². The molecule has 0 bridgehead atoms. The van der Waals surface area contributed by atoms with Gasteiger partial charge in [0.15, 0.2) is 0 Å². The first-order valence-corrected chi connectivity index (χ1v) is 7.41. The van der Waals surface area contributed by atoms with E-state index in [-0.39, 0.29) is 5.92 Å². The molecule has 0 atom stereocenters. The second-order valence-corrected chi connectivity index (χ2v) is 6.76. The molecular formula is C16H23N3O. The van der Waals surface area contributed by atoms with Gasteiger partial charge in [-0.3, -0.25) is 14.7 Å². The summed E-state index contributed by atoms with van der Waals surface area (Å²) in [6.07, 6.45) is 1.87. The fraction of sp³-hybridized carbons (Fsp3) is 0.625. The van der Waals surface area contributed by atoms with Crippen LogP contribution >= 0.6 is 0 Å².